The molecule has 1 spiro atoms. The van der Waals surface area contributed by atoms with Gasteiger partial charge in [-0.15, -0.1) is 0 Å². The summed E-state index contributed by atoms with van der Waals surface area (Å²) in [5, 5.41) is 4.03. The van der Waals surface area contributed by atoms with Gasteiger partial charge in [-0.25, -0.2) is 4.79 Å². The van der Waals surface area contributed by atoms with Gasteiger partial charge in [-0.2, -0.15) is 0 Å². The van der Waals surface area contributed by atoms with Gasteiger partial charge in [-0.3, -0.25) is 0 Å². The van der Waals surface area contributed by atoms with Crippen molar-refractivity contribution in [2.45, 2.75) is 63.4 Å². The second kappa shape index (κ2) is 15.3. The van der Waals surface area contributed by atoms with E-state index >= 15 is 0 Å². The van der Waals surface area contributed by atoms with Gasteiger partial charge in [0.05, 0.1) is 11.7 Å². The molecule has 7 aromatic carbocycles. The summed E-state index contributed by atoms with van der Waals surface area (Å²) in [6, 6.07) is 59.5. The summed E-state index contributed by atoms with van der Waals surface area (Å²) < 4.78 is 28.7. The van der Waals surface area contributed by atoms with E-state index in [0.717, 1.165) is 20.7 Å². The zero-order chi connectivity index (χ0) is 43.5. The zero-order valence-corrected chi connectivity index (χ0v) is 38.0. The molecule has 4 N–H and O–H groups in total. The van der Waals surface area contributed by atoms with Gasteiger partial charge in [0.2, 0.25) is 0 Å². The Morgan fingerprint density at radius 1 is 0.500 bits per heavy atom. The van der Waals surface area contributed by atoms with Crippen LogP contribution in [0.15, 0.2) is 176 Å². The molecule has 2 aliphatic heterocycles. The van der Waals surface area contributed by atoms with E-state index < -0.39 is 34.4 Å². The first-order valence-electron chi connectivity index (χ1n) is 21.1. The van der Waals surface area contributed by atoms with Crippen LogP contribution in [0.25, 0.3) is 0 Å². The SMILES string of the molecule is CC(C)(C)[Si](Oc1ccc2c(c1)Oc1cc(O[Si](c3ccccc3)(c3ccccc3)C(C)(C)C)ccc1C21OC(=O)c2cc(C(N)N)ccc21)(c1ccccc1)c1ccccc1. The lowest BCUT2D eigenvalue weighted by molar-refractivity contribution is 0.0224. The molecule has 0 radical (unpaired) electrons. The standard InChI is InChI=1S/C53H52N2O5Si2/c1-51(2,3)61(39-19-11-7-12-20-39,40-21-13-8-14-22-40)59-37-28-31-45-47(34-37)57-48-35-38(29-32-46(48)53(45)44-30-27-36(49(54)55)33-43(44)50(56)58-53)60-62(52(4,5)6,41-23-15-9-16-24-41)42-25-17-10-18-26-42/h7-35,49H,54-55H2,1-6H3. The van der Waals surface area contributed by atoms with Crippen LogP contribution in [-0.2, 0) is 10.3 Å². The molecular weight excluding hydrogens is 801 g/mol. The van der Waals surface area contributed by atoms with E-state index in [1.807, 2.05) is 72.8 Å². The lowest BCUT2D eigenvalue weighted by atomic mass is 9.77. The minimum Gasteiger partial charge on any atom is -0.534 e. The van der Waals surface area contributed by atoms with Crippen LogP contribution >= 0.6 is 0 Å². The normalized spacial score (nSPS) is 14.4. The van der Waals surface area contributed by atoms with Crippen molar-refractivity contribution in [3.8, 4) is 23.0 Å². The Morgan fingerprint density at radius 3 is 1.23 bits per heavy atom. The highest BCUT2D eigenvalue weighted by Crippen LogP contribution is 2.58. The summed E-state index contributed by atoms with van der Waals surface area (Å²) in [5.41, 5.74) is 14.0. The predicted molar refractivity (Wildman–Crippen MR) is 252 cm³/mol. The zero-order valence-electron chi connectivity index (χ0n) is 36.0. The van der Waals surface area contributed by atoms with Crippen LogP contribution in [0.5, 0.6) is 23.0 Å². The molecule has 312 valence electrons. The molecule has 9 heteroatoms. The predicted octanol–water partition coefficient (Wildman–Crippen LogP) is 9.05. The second-order valence-electron chi connectivity index (χ2n) is 18.4. The molecule has 7 nitrogen and oxygen atoms in total. The van der Waals surface area contributed by atoms with Crippen molar-refractivity contribution in [2.24, 2.45) is 11.5 Å². The average molecular weight is 853 g/mol. The quantitative estimate of drug-likeness (QED) is 0.0849. The molecule has 0 amide bonds. The van der Waals surface area contributed by atoms with Crippen LogP contribution in [0.4, 0.5) is 0 Å². The number of rotatable bonds is 9. The molecule has 0 saturated heterocycles. The Hall–Kier alpha value is -6.24. The van der Waals surface area contributed by atoms with Crippen LogP contribution in [-0.4, -0.2) is 22.6 Å². The van der Waals surface area contributed by atoms with Gasteiger partial charge in [-0.1, -0.05) is 175 Å². The Kier molecular flexibility index (Phi) is 10.1. The summed E-state index contributed by atoms with van der Waals surface area (Å²) >= 11 is 0. The minimum atomic E-state index is -3.03. The Labute approximate surface area is 366 Å². The smallest absolute Gasteiger partial charge is 0.340 e. The van der Waals surface area contributed by atoms with Crippen molar-refractivity contribution in [3.63, 3.8) is 0 Å². The van der Waals surface area contributed by atoms with Gasteiger partial charge >= 0.3 is 22.6 Å². The van der Waals surface area contributed by atoms with E-state index in [2.05, 4.69) is 139 Å². The lowest BCUT2D eigenvalue weighted by Crippen LogP contribution is -2.68. The molecule has 9 rings (SSSR count). The monoisotopic (exact) mass is 852 g/mol. The van der Waals surface area contributed by atoms with Gasteiger partial charge in [0, 0.05) is 28.8 Å². The maximum Gasteiger partial charge on any atom is 0.340 e. The molecule has 2 heterocycles. The molecule has 7 aromatic rings. The van der Waals surface area contributed by atoms with E-state index in [4.69, 9.17) is 29.8 Å². The molecular formula is C53H52N2O5Si2. The summed E-state index contributed by atoms with van der Waals surface area (Å²) in [4.78, 5) is 14.1. The summed E-state index contributed by atoms with van der Waals surface area (Å²) in [6.07, 6.45) is -0.763. The Bertz CT molecular complexity index is 2540. The van der Waals surface area contributed by atoms with Gasteiger partial charge in [0.1, 0.15) is 23.0 Å². The summed E-state index contributed by atoms with van der Waals surface area (Å²) in [6.45, 7) is 13.5. The van der Waals surface area contributed by atoms with Gasteiger partial charge < -0.3 is 29.8 Å². The van der Waals surface area contributed by atoms with Crippen molar-refractivity contribution in [1.29, 1.82) is 0 Å². The summed E-state index contributed by atoms with van der Waals surface area (Å²) in [5.74, 6) is 1.84. The van der Waals surface area contributed by atoms with Gasteiger partial charge in [0.25, 0.3) is 0 Å². The molecule has 0 atom stereocenters. The molecule has 0 bridgehead atoms. The molecule has 0 aromatic heterocycles. The first-order chi connectivity index (χ1) is 29.7. The molecule has 0 unspecified atom stereocenters. The minimum absolute atomic E-state index is 0.283. The fourth-order valence-electron chi connectivity index (χ4n) is 9.69. The number of benzene rings is 7. The van der Waals surface area contributed by atoms with Crippen molar-refractivity contribution >= 4 is 43.4 Å². The molecule has 2 aliphatic rings. The molecule has 0 fully saturated rings. The van der Waals surface area contributed by atoms with Crippen LogP contribution < -0.4 is 45.8 Å². The molecule has 62 heavy (non-hydrogen) atoms. The number of nitrogens with two attached hydrogens (primary N) is 2. The van der Waals surface area contributed by atoms with E-state index in [9.17, 15) is 4.79 Å². The molecule has 0 aliphatic carbocycles. The average Bonchev–Trinajstić information content (AvgIpc) is 3.56. The third-order valence-corrected chi connectivity index (χ3v) is 22.4. The number of carbonyl (C=O) groups excluding carboxylic acids is 1. The fraction of sp³-hybridized carbons (Fsp3) is 0.189. The maximum absolute atomic E-state index is 14.1. The number of hydrogen-bond donors (Lipinski definition) is 2. The lowest BCUT2D eigenvalue weighted by Gasteiger charge is -2.43. The van der Waals surface area contributed by atoms with Crippen molar-refractivity contribution in [3.05, 3.63) is 204 Å². The summed E-state index contributed by atoms with van der Waals surface area (Å²) in [7, 11) is -6.06. The van der Waals surface area contributed by atoms with Crippen molar-refractivity contribution in [2.75, 3.05) is 0 Å². The number of esters is 1. The number of carbonyl (C=O) groups is 1. The van der Waals surface area contributed by atoms with Crippen molar-refractivity contribution < 1.29 is 23.1 Å². The van der Waals surface area contributed by atoms with E-state index in [0.29, 0.717) is 50.8 Å². The largest absolute Gasteiger partial charge is 0.534 e. The highest BCUT2D eigenvalue weighted by molar-refractivity contribution is 7.00. The van der Waals surface area contributed by atoms with E-state index in [1.54, 1.807) is 6.07 Å². The third-order valence-electron chi connectivity index (χ3n) is 12.5. The second-order valence-corrected chi connectivity index (χ2v) is 26.8. The van der Waals surface area contributed by atoms with Crippen molar-refractivity contribution in [1.82, 2.24) is 0 Å². The Morgan fingerprint density at radius 2 is 0.871 bits per heavy atom. The first-order valence-corrected chi connectivity index (χ1v) is 25.0. The van der Waals surface area contributed by atoms with Gasteiger partial charge in [-0.05, 0) is 66.7 Å². The van der Waals surface area contributed by atoms with Crippen LogP contribution in [0.2, 0.25) is 10.1 Å². The van der Waals surface area contributed by atoms with E-state index in [-0.39, 0.29) is 10.1 Å². The fourth-order valence-corrected chi connectivity index (χ4v) is 18.5. The van der Waals surface area contributed by atoms with Crippen LogP contribution in [0, 0.1) is 0 Å². The molecule has 0 saturated carbocycles. The number of fused-ring (bicyclic) bond motifs is 6. The first kappa shape index (κ1) is 41.1. The highest BCUT2D eigenvalue weighted by atomic mass is 28.4. The van der Waals surface area contributed by atoms with Crippen LogP contribution in [0.3, 0.4) is 0 Å². The highest BCUT2D eigenvalue weighted by Gasteiger charge is 2.56. The number of ether oxygens (including phenoxy) is 2. The third kappa shape index (κ3) is 6.50. The number of hydrogen-bond acceptors (Lipinski definition) is 7. The van der Waals surface area contributed by atoms with E-state index in [1.165, 1.54) is 0 Å². The van der Waals surface area contributed by atoms with Crippen LogP contribution in [0.1, 0.15) is 80.3 Å². The topological polar surface area (TPSA) is 106 Å². The van der Waals surface area contributed by atoms with Gasteiger partial charge in [0.15, 0.2) is 5.60 Å². The maximum atomic E-state index is 14.1. The Balaban J connectivity index is 1.24.